The number of hydrogen-bond acceptors (Lipinski definition) is 5. The number of carbonyl (C=O) groups excluding carboxylic acids is 2. The van der Waals surface area contributed by atoms with Gasteiger partial charge in [-0.1, -0.05) is 80.3 Å². The Morgan fingerprint density at radius 2 is 1.57 bits per heavy atom. The van der Waals surface area contributed by atoms with Gasteiger partial charge in [-0.05, 0) is 18.1 Å². The molecule has 0 spiro atoms. The lowest BCUT2D eigenvalue weighted by atomic mass is 9.94. The fraction of sp³-hybridized carbons (Fsp3) is 0.348. The highest BCUT2D eigenvalue weighted by Gasteiger charge is 2.51. The summed E-state index contributed by atoms with van der Waals surface area (Å²) in [6, 6.07) is 19.2. The molecule has 0 saturated carbocycles. The van der Waals surface area contributed by atoms with Crippen molar-refractivity contribution < 1.29 is 19.1 Å². The van der Waals surface area contributed by atoms with Crippen LogP contribution >= 0.6 is 0 Å². The maximum absolute atomic E-state index is 13.0. The number of hydrazone groups is 1. The van der Waals surface area contributed by atoms with Crippen molar-refractivity contribution in [3.63, 3.8) is 0 Å². The van der Waals surface area contributed by atoms with Crippen LogP contribution in [0.1, 0.15) is 24.0 Å². The first-order chi connectivity index (χ1) is 14.3. The Morgan fingerprint density at radius 3 is 2.13 bits per heavy atom. The Bertz CT molecular complexity index is 910. The summed E-state index contributed by atoms with van der Waals surface area (Å²) in [7, 11) is -2.01. The second-order valence-electron chi connectivity index (χ2n) is 8.29. The van der Waals surface area contributed by atoms with E-state index in [0.717, 1.165) is 11.1 Å². The maximum Gasteiger partial charge on any atom is 0.430 e. The summed E-state index contributed by atoms with van der Waals surface area (Å²) < 4.78 is 10.8. The van der Waals surface area contributed by atoms with Gasteiger partial charge >= 0.3 is 12.1 Å². The number of benzene rings is 2. The third kappa shape index (κ3) is 4.79. The molecule has 2 aromatic carbocycles. The van der Waals surface area contributed by atoms with E-state index in [-0.39, 0.29) is 30.5 Å². The molecule has 3 rings (SSSR count). The largest absolute Gasteiger partial charge is 0.461 e. The molecule has 0 unspecified atom stereocenters. The van der Waals surface area contributed by atoms with Gasteiger partial charge < -0.3 is 9.47 Å². The fourth-order valence-corrected chi connectivity index (χ4v) is 5.96. The lowest BCUT2D eigenvalue weighted by Gasteiger charge is -2.35. The third-order valence-corrected chi connectivity index (χ3v) is 7.36. The van der Waals surface area contributed by atoms with Crippen molar-refractivity contribution in [2.75, 3.05) is 6.61 Å². The van der Waals surface area contributed by atoms with Crippen LogP contribution < -0.4 is 0 Å². The first-order valence-electron chi connectivity index (χ1n) is 10.1. The van der Waals surface area contributed by atoms with E-state index in [1.807, 2.05) is 60.7 Å². The van der Waals surface area contributed by atoms with Crippen LogP contribution in [0.2, 0.25) is 19.6 Å². The van der Waals surface area contributed by atoms with Crippen molar-refractivity contribution in [3.8, 4) is 0 Å². The van der Waals surface area contributed by atoms with Gasteiger partial charge in [0, 0.05) is 0 Å². The van der Waals surface area contributed by atoms with E-state index in [1.165, 1.54) is 5.01 Å². The van der Waals surface area contributed by atoms with Crippen molar-refractivity contribution in [1.29, 1.82) is 0 Å². The molecule has 0 N–H and O–H groups in total. The lowest BCUT2D eigenvalue weighted by molar-refractivity contribution is -0.135. The van der Waals surface area contributed by atoms with Crippen LogP contribution in [0.3, 0.4) is 0 Å². The van der Waals surface area contributed by atoms with Gasteiger partial charge in [-0.25, -0.2) is 9.59 Å². The highest BCUT2D eigenvalue weighted by atomic mass is 28.3. The molecule has 0 saturated heterocycles. The Labute approximate surface area is 178 Å². The van der Waals surface area contributed by atoms with Crippen molar-refractivity contribution in [3.05, 3.63) is 71.8 Å². The molecule has 30 heavy (non-hydrogen) atoms. The van der Waals surface area contributed by atoms with E-state index in [1.54, 1.807) is 6.92 Å². The topological polar surface area (TPSA) is 68.2 Å². The Hall–Kier alpha value is -2.93. The van der Waals surface area contributed by atoms with Gasteiger partial charge in [0.2, 0.25) is 0 Å². The molecule has 0 aliphatic carbocycles. The molecule has 7 heteroatoms. The number of amides is 1. The molecule has 1 heterocycles. The lowest BCUT2D eigenvalue weighted by Crippen LogP contribution is -2.52. The first kappa shape index (κ1) is 21.8. The molecular weight excluding hydrogens is 396 g/mol. The highest BCUT2D eigenvalue weighted by molar-refractivity contribution is 6.78. The summed E-state index contributed by atoms with van der Waals surface area (Å²) in [5, 5.41) is 5.83. The van der Waals surface area contributed by atoms with Crippen LogP contribution in [0.5, 0.6) is 0 Å². The average Bonchev–Trinajstić information content (AvgIpc) is 3.15. The average molecular weight is 425 g/mol. The van der Waals surface area contributed by atoms with Gasteiger partial charge in [0.1, 0.15) is 6.61 Å². The molecule has 158 valence electrons. The van der Waals surface area contributed by atoms with Crippen LogP contribution in [0.25, 0.3) is 0 Å². The molecule has 0 fully saturated rings. The van der Waals surface area contributed by atoms with Gasteiger partial charge in [-0.2, -0.15) is 10.1 Å². The van der Waals surface area contributed by atoms with Crippen molar-refractivity contribution >= 4 is 25.8 Å². The van der Waals surface area contributed by atoms with Crippen molar-refractivity contribution in [2.45, 2.75) is 44.8 Å². The van der Waals surface area contributed by atoms with E-state index < -0.39 is 20.1 Å². The molecular formula is C23H28N2O4Si. The van der Waals surface area contributed by atoms with Gasteiger partial charge in [0.05, 0.1) is 26.3 Å². The van der Waals surface area contributed by atoms with Crippen LogP contribution in [-0.2, 0) is 20.9 Å². The summed E-state index contributed by atoms with van der Waals surface area (Å²) in [5.74, 6) is -0.839. The van der Waals surface area contributed by atoms with Gasteiger partial charge in [0.25, 0.3) is 0 Å². The summed E-state index contributed by atoms with van der Waals surface area (Å²) in [5.41, 5.74) is 1.83. The number of esters is 1. The van der Waals surface area contributed by atoms with E-state index in [2.05, 4.69) is 24.7 Å². The quantitative estimate of drug-likeness (QED) is 0.502. The van der Waals surface area contributed by atoms with E-state index in [9.17, 15) is 9.59 Å². The number of nitrogens with zero attached hydrogens (tertiary/aromatic N) is 2. The summed E-state index contributed by atoms with van der Waals surface area (Å²) in [6.07, 6.45) is -0.550. The minimum atomic E-state index is -2.01. The van der Waals surface area contributed by atoms with E-state index >= 15 is 0 Å². The number of ether oxygens (including phenoxy) is 2. The van der Waals surface area contributed by atoms with Crippen molar-refractivity contribution in [2.24, 2.45) is 5.10 Å². The second kappa shape index (κ2) is 9.26. The summed E-state index contributed by atoms with van der Waals surface area (Å²) in [4.78, 5) is 25.8. The predicted octanol–water partition coefficient (Wildman–Crippen LogP) is 4.59. The zero-order valence-corrected chi connectivity index (χ0v) is 18.9. The predicted molar refractivity (Wildman–Crippen MR) is 119 cm³/mol. The Kier molecular flexibility index (Phi) is 6.72. The number of carbonyl (C=O) groups is 2. The number of rotatable bonds is 6. The van der Waals surface area contributed by atoms with E-state index in [4.69, 9.17) is 9.47 Å². The van der Waals surface area contributed by atoms with Crippen LogP contribution in [0.15, 0.2) is 65.8 Å². The van der Waals surface area contributed by atoms with Crippen molar-refractivity contribution in [1.82, 2.24) is 5.01 Å². The van der Waals surface area contributed by atoms with E-state index in [0.29, 0.717) is 0 Å². The fourth-order valence-electron chi connectivity index (χ4n) is 3.71. The molecule has 0 radical (unpaired) electrons. The maximum atomic E-state index is 13.0. The number of hydrogen-bond donors (Lipinski definition) is 0. The van der Waals surface area contributed by atoms with Gasteiger partial charge in [-0.15, -0.1) is 0 Å². The van der Waals surface area contributed by atoms with Crippen LogP contribution in [-0.4, -0.2) is 43.1 Å². The zero-order chi connectivity index (χ0) is 21.7. The highest BCUT2D eigenvalue weighted by Crippen LogP contribution is 2.37. The second-order valence-corrected chi connectivity index (χ2v) is 13.6. The SMILES string of the molecule is CCOC(=O)C1=NN(C(=O)OCc2ccccc2)[C@H]([Si](C)(C)C)[C@@H]1c1ccccc1. The summed E-state index contributed by atoms with van der Waals surface area (Å²) in [6.45, 7) is 8.63. The van der Waals surface area contributed by atoms with Crippen LogP contribution in [0.4, 0.5) is 4.79 Å². The first-order valence-corrected chi connectivity index (χ1v) is 13.7. The standard InChI is InChI=1S/C23H28N2O4Si/c1-5-28-22(26)20-19(18-14-10-7-11-15-18)21(30(2,3)4)25(24-20)23(27)29-16-17-12-8-6-9-13-17/h6-15,19,21H,5,16H2,1-4H3/t19-,21-/m1/s1. The van der Waals surface area contributed by atoms with Crippen LogP contribution in [0, 0.1) is 0 Å². The third-order valence-electron chi connectivity index (χ3n) is 5.01. The zero-order valence-electron chi connectivity index (χ0n) is 17.9. The van der Waals surface area contributed by atoms with Gasteiger partial charge in [0.15, 0.2) is 5.71 Å². The monoisotopic (exact) mass is 424 g/mol. The summed E-state index contributed by atoms with van der Waals surface area (Å²) >= 11 is 0. The normalized spacial score (nSPS) is 18.7. The molecule has 2 aromatic rings. The molecule has 2 atom stereocenters. The Morgan fingerprint density at radius 1 is 0.967 bits per heavy atom. The Balaban J connectivity index is 1.95. The molecule has 0 aromatic heterocycles. The smallest absolute Gasteiger partial charge is 0.430 e. The molecule has 6 nitrogen and oxygen atoms in total. The minimum absolute atomic E-state index is 0.148. The van der Waals surface area contributed by atoms with Gasteiger partial charge in [-0.3, -0.25) is 0 Å². The molecule has 0 bridgehead atoms. The molecule has 1 aliphatic heterocycles. The minimum Gasteiger partial charge on any atom is -0.461 e. The molecule has 1 amide bonds. The molecule has 1 aliphatic rings.